The van der Waals surface area contributed by atoms with Gasteiger partial charge in [0.15, 0.2) is 0 Å². The van der Waals surface area contributed by atoms with Crippen molar-refractivity contribution < 1.29 is 0 Å². The van der Waals surface area contributed by atoms with Crippen molar-refractivity contribution in [3.05, 3.63) is 0 Å². The third-order valence-corrected chi connectivity index (χ3v) is 2.51. The zero-order valence-electron chi connectivity index (χ0n) is 7.55. The van der Waals surface area contributed by atoms with E-state index in [1.807, 2.05) is 0 Å². The summed E-state index contributed by atoms with van der Waals surface area (Å²) < 4.78 is 0. The van der Waals surface area contributed by atoms with Crippen molar-refractivity contribution in [3.63, 3.8) is 0 Å². The Bertz CT molecular complexity index is 91.7. The first kappa shape index (κ1) is 9.01. The maximum Gasteiger partial charge on any atom is 0.0105 e. The molecule has 66 valence electrons. The number of hydrogen-bond acceptors (Lipinski definition) is 2. The van der Waals surface area contributed by atoms with Crippen LogP contribution in [0.4, 0.5) is 0 Å². The van der Waals surface area contributed by atoms with Crippen molar-refractivity contribution in [1.82, 2.24) is 4.90 Å². The van der Waals surface area contributed by atoms with Crippen molar-refractivity contribution in [1.29, 1.82) is 0 Å². The molecule has 1 aliphatic rings. The lowest BCUT2D eigenvalue weighted by molar-refractivity contribution is 0.329. The van der Waals surface area contributed by atoms with Crippen LogP contribution in [0.1, 0.15) is 26.2 Å². The minimum atomic E-state index is 0.818. The first-order valence-corrected chi connectivity index (χ1v) is 4.79. The third-order valence-electron chi connectivity index (χ3n) is 2.51. The van der Waals surface area contributed by atoms with E-state index in [4.69, 9.17) is 5.73 Å². The van der Waals surface area contributed by atoms with Crippen molar-refractivity contribution in [2.24, 2.45) is 11.7 Å². The van der Waals surface area contributed by atoms with Crippen molar-refractivity contribution >= 4 is 0 Å². The van der Waals surface area contributed by atoms with Gasteiger partial charge in [-0.05, 0) is 25.3 Å². The van der Waals surface area contributed by atoms with E-state index in [9.17, 15) is 0 Å². The zero-order valence-corrected chi connectivity index (χ0v) is 7.55. The van der Waals surface area contributed by atoms with Crippen LogP contribution in [-0.4, -0.2) is 31.1 Å². The molecule has 1 fully saturated rings. The molecular formula is C9H20N2. The number of nitrogens with zero attached hydrogens (tertiary/aromatic N) is 1. The molecule has 0 aliphatic carbocycles. The minimum absolute atomic E-state index is 0.818. The van der Waals surface area contributed by atoms with Crippen LogP contribution in [0.3, 0.4) is 0 Å². The van der Waals surface area contributed by atoms with Gasteiger partial charge in [0.1, 0.15) is 0 Å². The first-order valence-electron chi connectivity index (χ1n) is 4.79. The van der Waals surface area contributed by atoms with Gasteiger partial charge in [-0.1, -0.05) is 13.3 Å². The highest BCUT2D eigenvalue weighted by Crippen LogP contribution is 2.19. The summed E-state index contributed by atoms with van der Waals surface area (Å²) in [6.45, 7) is 6.76. The summed E-state index contributed by atoms with van der Waals surface area (Å²) in [5.74, 6) is 0.964. The van der Waals surface area contributed by atoms with E-state index in [1.54, 1.807) is 0 Å². The number of likely N-dealkylation sites (tertiary alicyclic amines) is 1. The summed E-state index contributed by atoms with van der Waals surface area (Å²) in [5.41, 5.74) is 5.49. The van der Waals surface area contributed by atoms with Gasteiger partial charge in [-0.3, -0.25) is 0 Å². The highest BCUT2D eigenvalue weighted by molar-refractivity contribution is 4.74. The van der Waals surface area contributed by atoms with Crippen molar-refractivity contribution in [3.8, 4) is 0 Å². The molecule has 0 bridgehead atoms. The van der Waals surface area contributed by atoms with Crippen LogP contribution < -0.4 is 5.73 Å². The average molecular weight is 156 g/mol. The van der Waals surface area contributed by atoms with Gasteiger partial charge in [0.05, 0.1) is 0 Å². The molecule has 2 nitrogen and oxygen atoms in total. The molecule has 1 heterocycles. The van der Waals surface area contributed by atoms with Gasteiger partial charge >= 0.3 is 0 Å². The Kier molecular flexibility index (Phi) is 3.87. The number of nitrogens with two attached hydrogens (primary N) is 1. The van der Waals surface area contributed by atoms with Crippen LogP contribution in [0.15, 0.2) is 0 Å². The molecule has 1 aliphatic heterocycles. The molecule has 2 heteroatoms. The Balaban J connectivity index is 2.12. The van der Waals surface area contributed by atoms with E-state index in [0.717, 1.165) is 19.0 Å². The second-order valence-electron chi connectivity index (χ2n) is 3.53. The molecule has 0 aromatic rings. The Morgan fingerprint density at radius 1 is 1.55 bits per heavy atom. The van der Waals surface area contributed by atoms with Gasteiger partial charge < -0.3 is 10.6 Å². The SMILES string of the molecule is CCCC1CCN(CCN)C1. The van der Waals surface area contributed by atoms with Crippen molar-refractivity contribution in [2.75, 3.05) is 26.2 Å². The van der Waals surface area contributed by atoms with Gasteiger partial charge in [-0.2, -0.15) is 0 Å². The summed E-state index contributed by atoms with van der Waals surface area (Å²) in [6, 6.07) is 0. The standard InChI is InChI=1S/C9H20N2/c1-2-3-9-4-6-11(8-9)7-5-10/h9H,2-8,10H2,1H3. The normalized spacial score (nSPS) is 26.2. The molecule has 1 atom stereocenters. The van der Waals surface area contributed by atoms with Crippen LogP contribution in [-0.2, 0) is 0 Å². The summed E-state index contributed by atoms with van der Waals surface area (Å²) in [4.78, 5) is 2.49. The van der Waals surface area contributed by atoms with E-state index in [-0.39, 0.29) is 0 Å². The highest BCUT2D eigenvalue weighted by Gasteiger charge is 2.20. The van der Waals surface area contributed by atoms with Gasteiger partial charge in [0.25, 0.3) is 0 Å². The fourth-order valence-electron chi connectivity index (χ4n) is 1.94. The van der Waals surface area contributed by atoms with Gasteiger partial charge in [-0.25, -0.2) is 0 Å². The number of hydrogen-bond donors (Lipinski definition) is 1. The molecule has 0 spiro atoms. The highest BCUT2D eigenvalue weighted by atomic mass is 15.1. The van der Waals surface area contributed by atoms with Crippen molar-refractivity contribution in [2.45, 2.75) is 26.2 Å². The Hall–Kier alpha value is -0.0800. The lowest BCUT2D eigenvalue weighted by Gasteiger charge is -2.13. The van der Waals surface area contributed by atoms with E-state index >= 15 is 0 Å². The second kappa shape index (κ2) is 4.73. The molecule has 1 saturated heterocycles. The monoisotopic (exact) mass is 156 g/mol. The fourth-order valence-corrected chi connectivity index (χ4v) is 1.94. The zero-order chi connectivity index (χ0) is 8.10. The molecule has 0 saturated carbocycles. The Morgan fingerprint density at radius 3 is 3.00 bits per heavy atom. The summed E-state index contributed by atoms with van der Waals surface area (Å²) in [7, 11) is 0. The van der Waals surface area contributed by atoms with Crippen LogP contribution in [0.5, 0.6) is 0 Å². The Labute approximate surface area is 69.8 Å². The molecule has 2 N–H and O–H groups in total. The second-order valence-corrected chi connectivity index (χ2v) is 3.53. The smallest absolute Gasteiger partial charge is 0.0105 e. The van der Waals surface area contributed by atoms with Gasteiger partial charge in [-0.15, -0.1) is 0 Å². The fraction of sp³-hybridized carbons (Fsp3) is 1.00. The van der Waals surface area contributed by atoms with E-state index in [1.165, 1.54) is 32.4 Å². The van der Waals surface area contributed by atoms with Gasteiger partial charge in [0, 0.05) is 19.6 Å². The Morgan fingerprint density at radius 2 is 2.36 bits per heavy atom. The topological polar surface area (TPSA) is 29.3 Å². The molecule has 0 radical (unpaired) electrons. The van der Waals surface area contributed by atoms with E-state index < -0.39 is 0 Å². The maximum absolute atomic E-state index is 5.49. The third kappa shape index (κ3) is 2.80. The largest absolute Gasteiger partial charge is 0.329 e. The molecular weight excluding hydrogens is 136 g/mol. The molecule has 1 rings (SSSR count). The van der Waals surface area contributed by atoms with E-state index in [0.29, 0.717) is 0 Å². The number of rotatable bonds is 4. The summed E-state index contributed by atoms with van der Waals surface area (Å²) in [5, 5.41) is 0. The molecule has 0 aromatic carbocycles. The maximum atomic E-state index is 5.49. The predicted octanol–water partition coefficient (Wildman–Crippen LogP) is 1.07. The summed E-state index contributed by atoms with van der Waals surface area (Å²) >= 11 is 0. The first-order chi connectivity index (χ1) is 5.36. The molecule has 1 unspecified atom stereocenters. The molecule has 0 aromatic heterocycles. The predicted molar refractivity (Wildman–Crippen MR) is 48.5 cm³/mol. The summed E-state index contributed by atoms with van der Waals surface area (Å²) in [6.07, 6.45) is 4.13. The van der Waals surface area contributed by atoms with Gasteiger partial charge in [0.2, 0.25) is 0 Å². The lowest BCUT2D eigenvalue weighted by atomic mass is 10.0. The average Bonchev–Trinajstić information content (AvgIpc) is 2.38. The molecule has 0 amide bonds. The van der Waals surface area contributed by atoms with Crippen LogP contribution in [0, 0.1) is 5.92 Å². The van der Waals surface area contributed by atoms with E-state index in [2.05, 4.69) is 11.8 Å². The lowest BCUT2D eigenvalue weighted by Crippen LogP contribution is -2.27. The van der Waals surface area contributed by atoms with Crippen LogP contribution >= 0.6 is 0 Å². The quantitative estimate of drug-likeness (QED) is 0.659. The van der Waals surface area contributed by atoms with Crippen LogP contribution in [0.25, 0.3) is 0 Å². The molecule has 11 heavy (non-hydrogen) atoms. The minimum Gasteiger partial charge on any atom is -0.329 e. The van der Waals surface area contributed by atoms with Crippen LogP contribution in [0.2, 0.25) is 0 Å².